The van der Waals surface area contributed by atoms with E-state index in [0.29, 0.717) is 22.6 Å². The molecule has 3 heterocycles. The molecule has 0 saturated carbocycles. The van der Waals surface area contributed by atoms with Crippen LogP contribution in [0.15, 0.2) is 94.5 Å². The van der Waals surface area contributed by atoms with E-state index in [1.807, 2.05) is 36.4 Å². The van der Waals surface area contributed by atoms with Crippen LogP contribution in [0, 0.1) is 0 Å². The van der Waals surface area contributed by atoms with Crippen molar-refractivity contribution in [1.82, 2.24) is 19.7 Å². The number of rotatable bonds is 5. The first-order valence-electron chi connectivity index (χ1n) is 9.91. The Morgan fingerprint density at radius 2 is 1.72 bits per heavy atom. The van der Waals surface area contributed by atoms with Crippen molar-refractivity contribution in [3.63, 3.8) is 0 Å². The highest BCUT2D eigenvalue weighted by Gasteiger charge is 2.17. The maximum absolute atomic E-state index is 13.0. The Balaban J connectivity index is 1.53. The second-order valence-corrected chi connectivity index (χ2v) is 7.07. The predicted molar refractivity (Wildman–Crippen MR) is 120 cm³/mol. The van der Waals surface area contributed by atoms with Crippen LogP contribution in [0.2, 0.25) is 0 Å². The van der Waals surface area contributed by atoms with E-state index in [1.54, 1.807) is 42.7 Å². The Bertz CT molecular complexity index is 1460. The lowest BCUT2D eigenvalue weighted by molar-refractivity contribution is -0.116. The van der Waals surface area contributed by atoms with Crippen molar-refractivity contribution >= 4 is 22.5 Å². The van der Waals surface area contributed by atoms with Gasteiger partial charge in [0.25, 0.3) is 11.4 Å². The summed E-state index contributed by atoms with van der Waals surface area (Å²) in [6.45, 7) is -0.124. The van der Waals surface area contributed by atoms with Crippen molar-refractivity contribution < 1.29 is 9.32 Å². The molecule has 0 aliphatic carbocycles. The highest BCUT2D eigenvalue weighted by molar-refractivity contribution is 5.95. The van der Waals surface area contributed by atoms with Gasteiger partial charge in [0.2, 0.25) is 11.7 Å². The molecular weight excluding hydrogens is 406 g/mol. The molecule has 1 amide bonds. The number of anilines is 1. The zero-order chi connectivity index (χ0) is 21.9. The first-order valence-corrected chi connectivity index (χ1v) is 9.91. The van der Waals surface area contributed by atoms with Gasteiger partial charge in [0.1, 0.15) is 6.54 Å². The Hall–Kier alpha value is -4.59. The second-order valence-electron chi connectivity index (χ2n) is 7.07. The highest BCUT2D eigenvalue weighted by atomic mass is 16.5. The third-order valence-electron chi connectivity index (χ3n) is 4.97. The summed E-state index contributed by atoms with van der Waals surface area (Å²) in [7, 11) is 0. The van der Waals surface area contributed by atoms with Gasteiger partial charge in [-0.05, 0) is 30.3 Å². The molecular formula is C24H17N5O3. The van der Waals surface area contributed by atoms with Crippen molar-refractivity contribution in [1.29, 1.82) is 0 Å². The number of hydrogen-bond donors (Lipinski definition) is 1. The molecule has 8 nitrogen and oxygen atoms in total. The standard InChI is InChI=1S/C24H17N5O3/c30-21(26-17-6-2-1-3-7-17)15-29-20-9-5-4-8-18(20)19(14-22(29)31)24-27-23(28-32-24)16-10-12-25-13-11-16/h1-14H,15H2,(H,26,30). The fourth-order valence-electron chi connectivity index (χ4n) is 3.49. The number of para-hydroxylation sites is 2. The third-order valence-corrected chi connectivity index (χ3v) is 4.97. The minimum absolute atomic E-state index is 0.124. The van der Waals surface area contributed by atoms with Crippen LogP contribution in [-0.2, 0) is 11.3 Å². The average molecular weight is 423 g/mol. The van der Waals surface area contributed by atoms with Crippen molar-refractivity contribution in [2.24, 2.45) is 0 Å². The van der Waals surface area contributed by atoms with E-state index in [1.165, 1.54) is 10.6 Å². The number of carbonyl (C=O) groups excluding carboxylic acids is 1. The highest BCUT2D eigenvalue weighted by Crippen LogP contribution is 2.27. The molecule has 0 aliphatic heterocycles. The molecule has 0 radical (unpaired) electrons. The molecule has 0 saturated heterocycles. The van der Waals surface area contributed by atoms with Gasteiger partial charge >= 0.3 is 0 Å². The van der Waals surface area contributed by atoms with Crippen LogP contribution in [0.5, 0.6) is 0 Å². The quantitative estimate of drug-likeness (QED) is 0.462. The first kappa shape index (κ1) is 19.4. The predicted octanol–water partition coefficient (Wildman–Crippen LogP) is 3.75. The fraction of sp³-hybridized carbons (Fsp3) is 0.0417. The van der Waals surface area contributed by atoms with Gasteiger partial charge in [0, 0.05) is 35.1 Å². The lowest BCUT2D eigenvalue weighted by atomic mass is 10.1. The molecule has 0 fully saturated rings. The number of nitrogens with zero attached hydrogens (tertiary/aromatic N) is 4. The normalized spacial score (nSPS) is 10.9. The summed E-state index contributed by atoms with van der Waals surface area (Å²) in [5.41, 5.74) is 2.19. The largest absolute Gasteiger partial charge is 0.334 e. The van der Waals surface area contributed by atoms with E-state index in [9.17, 15) is 9.59 Å². The molecule has 0 bridgehead atoms. The van der Waals surface area contributed by atoms with Crippen molar-refractivity contribution in [3.05, 3.63) is 95.5 Å². The summed E-state index contributed by atoms with van der Waals surface area (Å²) in [4.78, 5) is 34.0. The molecule has 2 aromatic carbocycles. The third kappa shape index (κ3) is 3.77. The Morgan fingerprint density at radius 1 is 0.969 bits per heavy atom. The number of aromatic nitrogens is 4. The lowest BCUT2D eigenvalue weighted by Crippen LogP contribution is -2.27. The van der Waals surface area contributed by atoms with E-state index in [0.717, 1.165) is 10.9 Å². The number of amides is 1. The average Bonchev–Trinajstić information content (AvgIpc) is 3.32. The van der Waals surface area contributed by atoms with Gasteiger partial charge in [0.15, 0.2) is 0 Å². The Labute approximate surface area is 182 Å². The summed E-state index contributed by atoms with van der Waals surface area (Å²) in [6, 6.07) is 21.4. The lowest BCUT2D eigenvalue weighted by Gasteiger charge is -2.12. The van der Waals surface area contributed by atoms with Crippen LogP contribution < -0.4 is 10.9 Å². The van der Waals surface area contributed by atoms with Crippen LogP contribution in [0.25, 0.3) is 33.7 Å². The number of benzene rings is 2. The van der Waals surface area contributed by atoms with E-state index in [2.05, 4.69) is 20.4 Å². The van der Waals surface area contributed by atoms with Crippen LogP contribution in [0.3, 0.4) is 0 Å². The van der Waals surface area contributed by atoms with E-state index < -0.39 is 0 Å². The Kier molecular flexibility index (Phi) is 5.01. The van der Waals surface area contributed by atoms with Gasteiger partial charge in [-0.25, -0.2) is 0 Å². The zero-order valence-electron chi connectivity index (χ0n) is 16.8. The molecule has 1 N–H and O–H groups in total. The monoisotopic (exact) mass is 423 g/mol. The van der Waals surface area contributed by atoms with Gasteiger partial charge in [-0.3, -0.25) is 19.1 Å². The number of nitrogens with one attached hydrogen (secondary N) is 1. The van der Waals surface area contributed by atoms with Crippen molar-refractivity contribution in [2.75, 3.05) is 5.32 Å². The number of carbonyl (C=O) groups is 1. The molecule has 0 spiro atoms. The molecule has 0 atom stereocenters. The molecule has 5 rings (SSSR count). The van der Waals surface area contributed by atoms with E-state index >= 15 is 0 Å². The molecule has 8 heteroatoms. The smallest absolute Gasteiger partial charge is 0.259 e. The molecule has 3 aromatic heterocycles. The van der Waals surface area contributed by atoms with E-state index in [-0.39, 0.29) is 23.9 Å². The van der Waals surface area contributed by atoms with Gasteiger partial charge in [-0.1, -0.05) is 41.6 Å². The van der Waals surface area contributed by atoms with Gasteiger partial charge in [-0.2, -0.15) is 4.98 Å². The minimum Gasteiger partial charge on any atom is -0.334 e. The van der Waals surface area contributed by atoms with Gasteiger partial charge < -0.3 is 9.84 Å². The summed E-state index contributed by atoms with van der Waals surface area (Å²) in [6.07, 6.45) is 3.28. The molecule has 5 aromatic rings. The maximum Gasteiger partial charge on any atom is 0.259 e. The summed E-state index contributed by atoms with van der Waals surface area (Å²) in [5, 5.41) is 7.56. The van der Waals surface area contributed by atoms with Gasteiger partial charge in [0.05, 0.1) is 11.1 Å². The van der Waals surface area contributed by atoms with Crippen LogP contribution in [-0.4, -0.2) is 25.6 Å². The van der Waals surface area contributed by atoms with Crippen LogP contribution >= 0.6 is 0 Å². The van der Waals surface area contributed by atoms with Gasteiger partial charge in [-0.15, -0.1) is 0 Å². The topological polar surface area (TPSA) is 103 Å². The molecule has 32 heavy (non-hydrogen) atoms. The van der Waals surface area contributed by atoms with Crippen molar-refractivity contribution in [2.45, 2.75) is 6.54 Å². The molecule has 0 aliphatic rings. The number of pyridine rings is 2. The van der Waals surface area contributed by atoms with Crippen molar-refractivity contribution in [3.8, 4) is 22.8 Å². The summed E-state index contributed by atoms with van der Waals surface area (Å²) in [5.74, 6) is 0.331. The first-order chi connectivity index (χ1) is 15.7. The van der Waals surface area contributed by atoms with E-state index in [4.69, 9.17) is 4.52 Å². The SMILES string of the molecule is O=C(Cn1c(=O)cc(-c2nc(-c3ccncc3)no2)c2ccccc21)Nc1ccccc1. The number of fused-ring (bicyclic) bond motifs is 1. The summed E-state index contributed by atoms with van der Waals surface area (Å²) < 4.78 is 6.89. The Morgan fingerprint density at radius 3 is 2.53 bits per heavy atom. The number of hydrogen-bond acceptors (Lipinski definition) is 6. The molecule has 156 valence electrons. The molecule has 0 unspecified atom stereocenters. The minimum atomic E-state index is -0.342. The fourth-order valence-corrected chi connectivity index (χ4v) is 3.49. The van der Waals surface area contributed by atoms with Crippen LogP contribution in [0.1, 0.15) is 0 Å². The summed E-state index contributed by atoms with van der Waals surface area (Å²) >= 11 is 0. The maximum atomic E-state index is 13.0. The van der Waals surface area contributed by atoms with Crippen LogP contribution in [0.4, 0.5) is 5.69 Å². The zero-order valence-corrected chi connectivity index (χ0v) is 16.8. The second kappa shape index (κ2) is 8.27.